The second-order valence-corrected chi connectivity index (χ2v) is 8.01. The van der Waals surface area contributed by atoms with Gasteiger partial charge in [-0.1, -0.05) is 0 Å². The largest absolute Gasteiger partial charge is 0.384 e. The molecule has 0 radical (unpaired) electrons. The van der Waals surface area contributed by atoms with Crippen LogP contribution in [-0.2, 0) is 12.6 Å². The van der Waals surface area contributed by atoms with E-state index in [4.69, 9.17) is 0 Å². The van der Waals surface area contributed by atoms with Crippen molar-refractivity contribution >= 4 is 0 Å². The molecule has 0 aromatic carbocycles. The molecule has 0 amide bonds. The molecular weight excluding hydrogens is 262 g/mol. The van der Waals surface area contributed by atoms with E-state index in [2.05, 4.69) is 10.4 Å². The Balaban J connectivity index is 1.42. The molecular formula is C17H27N3O. The van der Waals surface area contributed by atoms with Crippen LogP contribution < -0.4 is 5.32 Å². The minimum absolute atomic E-state index is 0.626. The molecule has 4 nitrogen and oxygen atoms in total. The minimum Gasteiger partial charge on any atom is -0.384 e. The minimum atomic E-state index is -0.830. The lowest BCUT2D eigenvalue weighted by Gasteiger charge is -2.55. The molecule has 21 heavy (non-hydrogen) atoms. The third kappa shape index (κ3) is 2.42. The highest BCUT2D eigenvalue weighted by atomic mass is 16.3. The van der Waals surface area contributed by atoms with Gasteiger partial charge in [0, 0.05) is 31.4 Å². The number of nitrogens with zero attached hydrogens (tertiary/aromatic N) is 2. The Morgan fingerprint density at radius 2 is 1.86 bits per heavy atom. The van der Waals surface area contributed by atoms with Gasteiger partial charge in [0.05, 0.1) is 6.20 Å². The van der Waals surface area contributed by atoms with Crippen LogP contribution in [0.1, 0.15) is 44.6 Å². The molecule has 0 spiro atoms. The average molecular weight is 289 g/mol. The van der Waals surface area contributed by atoms with Crippen LogP contribution in [0.4, 0.5) is 0 Å². The molecule has 5 rings (SSSR count). The van der Waals surface area contributed by atoms with Crippen LogP contribution in [0.15, 0.2) is 12.4 Å². The maximum absolute atomic E-state index is 10.7. The molecule has 2 N–H and O–H groups in total. The van der Waals surface area contributed by atoms with Crippen LogP contribution in [-0.4, -0.2) is 27.5 Å². The Kier molecular flexibility index (Phi) is 3.16. The van der Waals surface area contributed by atoms with E-state index >= 15 is 0 Å². The topological polar surface area (TPSA) is 50.1 Å². The van der Waals surface area contributed by atoms with Crippen molar-refractivity contribution in [3.05, 3.63) is 18.0 Å². The van der Waals surface area contributed by atoms with E-state index in [1.165, 1.54) is 32.1 Å². The normalized spacial score (nSPS) is 40.4. The summed E-state index contributed by atoms with van der Waals surface area (Å²) in [5, 5.41) is 18.6. The third-order valence-corrected chi connectivity index (χ3v) is 6.24. The summed E-state index contributed by atoms with van der Waals surface area (Å²) in [7, 11) is 1.89. The molecule has 4 bridgehead atoms. The van der Waals surface area contributed by atoms with Crippen LogP contribution in [0.2, 0.25) is 0 Å². The Bertz CT molecular complexity index is 494. The SMILES string of the molecule is Cn1cc(C(C)(O)CNC2C3CC4CC(C3)CC2C4)cn1. The van der Waals surface area contributed by atoms with E-state index in [0.29, 0.717) is 12.6 Å². The van der Waals surface area contributed by atoms with Gasteiger partial charge in [0.25, 0.3) is 0 Å². The number of hydrogen-bond acceptors (Lipinski definition) is 3. The van der Waals surface area contributed by atoms with Crippen LogP contribution >= 0.6 is 0 Å². The quantitative estimate of drug-likeness (QED) is 0.892. The molecule has 116 valence electrons. The molecule has 4 heteroatoms. The fourth-order valence-corrected chi connectivity index (χ4v) is 5.38. The lowest BCUT2D eigenvalue weighted by atomic mass is 9.54. The van der Waals surface area contributed by atoms with Gasteiger partial charge in [-0.3, -0.25) is 4.68 Å². The highest BCUT2D eigenvalue weighted by molar-refractivity contribution is 5.15. The zero-order chi connectivity index (χ0) is 14.6. The van der Waals surface area contributed by atoms with E-state index in [-0.39, 0.29) is 0 Å². The number of nitrogens with one attached hydrogen (secondary N) is 1. The van der Waals surface area contributed by atoms with Crippen molar-refractivity contribution < 1.29 is 5.11 Å². The second kappa shape index (κ2) is 4.82. The number of aromatic nitrogens is 2. The molecule has 1 aromatic rings. The van der Waals surface area contributed by atoms with Gasteiger partial charge < -0.3 is 10.4 Å². The predicted octanol–water partition coefficient (Wildman–Crippen LogP) is 2.04. The van der Waals surface area contributed by atoms with Crippen molar-refractivity contribution in [1.29, 1.82) is 0 Å². The maximum Gasteiger partial charge on any atom is 0.102 e. The molecule has 0 aliphatic heterocycles. The molecule has 4 fully saturated rings. The van der Waals surface area contributed by atoms with E-state index in [9.17, 15) is 5.11 Å². The molecule has 1 heterocycles. The molecule has 4 aliphatic carbocycles. The van der Waals surface area contributed by atoms with E-state index in [1.807, 2.05) is 20.2 Å². The van der Waals surface area contributed by atoms with Gasteiger partial charge in [-0.05, 0) is 62.7 Å². The summed E-state index contributed by atoms with van der Waals surface area (Å²) in [4.78, 5) is 0. The summed E-state index contributed by atoms with van der Waals surface area (Å²) >= 11 is 0. The first-order valence-corrected chi connectivity index (χ1v) is 8.46. The maximum atomic E-state index is 10.7. The average Bonchev–Trinajstić information content (AvgIpc) is 2.84. The summed E-state index contributed by atoms with van der Waals surface area (Å²) < 4.78 is 1.76. The number of aryl methyl sites for hydroxylation is 1. The first-order chi connectivity index (χ1) is 10.0. The Morgan fingerprint density at radius 3 is 2.38 bits per heavy atom. The monoisotopic (exact) mass is 289 g/mol. The lowest BCUT2D eigenvalue weighted by Crippen LogP contribution is -2.56. The van der Waals surface area contributed by atoms with Crippen LogP contribution in [0.25, 0.3) is 0 Å². The van der Waals surface area contributed by atoms with Gasteiger partial charge in [-0.2, -0.15) is 5.10 Å². The summed E-state index contributed by atoms with van der Waals surface area (Å²) in [6.07, 6.45) is 10.9. The smallest absolute Gasteiger partial charge is 0.102 e. The fraction of sp³-hybridized carbons (Fsp3) is 0.824. The van der Waals surface area contributed by atoms with E-state index in [0.717, 1.165) is 29.2 Å². The summed E-state index contributed by atoms with van der Waals surface area (Å²) in [5.74, 6) is 3.71. The van der Waals surface area contributed by atoms with E-state index < -0.39 is 5.60 Å². The zero-order valence-corrected chi connectivity index (χ0v) is 13.1. The summed E-state index contributed by atoms with van der Waals surface area (Å²) in [6.45, 7) is 2.53. The van der Waals surface area contributed by atoms with Gasteiger partial charge in [0.15, 0.2) is 0 Å². The number of rotatable bonds is 4. The first-order valence-electron chi connectivity index (χ1n) is 8.46. The van der Waals surface area contributed by atoms with Crippen molar-refractivity contribution in [3.8, 4) is 0 Å². The highest BCUT2D eigenvalue weighted by Crippen LogP contribution is 2.53. The van der Waals surface area contributed by atoms with Crippen molar-refractivity contribution in [3.63, 3.8) is 0 Å². The van der Waals surface area contributed by atoms with Gasteiger partial charge in [0.2, 0.25) is 0 Å². The van der Waals surface area contributed by atoms with Gasteiger partial charge in [-0.15, -0.1) is 0 Å². The highest BCUT2D eigenvalue weighted by Gasteiger charge is 2.48. The Morgan fingerprint density at radius 1 is 1.24 bits per heavy atom. The predicted molar refractivity (Wildman–Crippen MR) is 81.6 cm³/mol. The standard InChI is InChI=1S/C17H27N3O/c1-17(21,15-8-19-20(2)9-15)10-18-16-13-4-11-3-12(6-13)7-14(16)5-11/h8-9,11-14,16,18,21H,3-7,10H2,1-2H3. The van der Waals surface area contributed by atoms with Crippen LogP contribution in [0.5, 0.6) is 0 Å². The van der Waals surface area contributed by atoms with Crippen molar-refractivity contribution in [1.82, 2.24) is 15.1 Å². The molecule has 1 unspecified atom stereocenters. The summed E-state index contributed by atoms with van der Waals surface area (Å²) in [6, 6.07) is 0.626. The first kappa shape index (κ1) is 13.8. The van der Waals surface area contributed by atoms with Crippen LogP contribution in [0.3, 0.4) is 0 Å². The van der Waals surface area contributed by atoms with Gasteiger partial charge in [-0.25, -0.2) is 0 Å². The summed E-state index contributed by atoms with van der Waals surface area (Å²) in [5.41, 5.74) is 0.0736. The second-order valence-electron chi connectivity index (χ2n) is 8.01. The van der Waals surface area contributed by atoms with Crippen molar-refractivity contribution in [2.45, 2.75) is 50.7 Å². The van der Waals surface area contributed by atoms with E-state index in [1.54, 1.807) is 10.9 Å². The van der Waals surface area contributed by atoms with Crippen molar-refractivity contribution in [2.75, 3.05) is 6.54 Å². The fourth-order valence-electron chi connectivity index (χ4n) is 5.38. The molecule has 1 aromatic heterocycles. The number of hydrogen-bond donors (Lipinski definition) is 2. The van der Waals surface area contributed by atoms with Crippen LogP contribution in [0, 0.1) is 23.7 Å². The zero-order valence-electron chi connectivity index (χ0n) is 13.1. The van der Waals surface area contributed by atoms with Gasteiger partial charge in [0.1, 0.15) is 5.60 Å². The third-order valence-electron chi connectivity index (χ3n) is 6.24. The van der Waals surface area contributed by atoms with Gasteiger partial charge >= 0.3 is 0 Å². The molecule has 4 aliphatic rings. The Labute approximate surface area is 126 Å². The van der Waals surface area contributed by atoms with Crippen molar-refractivity contribution in [2.24, 2.45) is 30.7 Å². The molecule has 0 saturated heterocycles. The Hall–Kier alpha value is -0.870. The molecule has 1 atom stereocenters. The lowest BCUT2D eigenvalue weighted by molar-refractivity contribution is -0.0262. The number of aliphatic hydroxyl groups is 1. The molecule has 4 saturated carbocycles.